The largest absolute Gasteiger partial charge is 0.388 e. The fourth-order valence-electron chi connectivity index (χ4n) is 9.09. The second kappa shape index (κ2) is 7.69. The van der Waals surface area contributed by atoms with Gasteiger partial charge in [0.15, 0.2) is 0 Å². The van der Waals surface area contributed by atoms with Gasteiger partial charge in [-0.1, -0.05) is 24.3 Å². The Hall–Kier alpha value is -1.63. The number of rotatable bonds is 5. The first kappa shape index (κ1) is 22.6. The second-order valence-corrected chi connectivity index (χ2v) is 14.7. The molecule has 1 atom stereocenters. The molecule has 5 fully saturated rings. The van der Waals surface area contributed by atoms with Gasteiger partial charge >= 0.3 is 0 Å². The van der Waals surface area contributed by atoms with E-state index in [-0.39, 0.29) is 5.41 Å². The van der Waals surface area contributed by atoms with Crippen LogP contribution >= 0.6 is 0 Å². The highest BCUT2D eigenvalue weighted by Crippen LogP contribution is 2.63. The zero-order valence-corrected chi connectivity index (χ0v) is 21.6. The number of nitrogens with zero attached hydrogens (tertiary/aromatic N) is 2. The Kier molecular flexibility index (Phi) is 4.96. The number of benzene rings is 2. The van der Waals surface area contributed by atoms with Crippen molar-refractivity contribution in [1.29, 1.82) is 0 Å². The number of β-amino-alcohol motifs (C(OH)–C–C–N with tert-alkyl or cyclic N) is 1. The normalized spacial score (nSPS) is 35.6. The minimum absolute atomic E-state index is 0.118. The molecular formula is C29H38N2O3S. The number of hydrogen-bond acceptors (Lipinski definition) is 4. The van der Waals surface area contributed by atoms with Gasteiger partial charge in [-0.15, -0.1) is 0 Å². The fourth-order valence-corrected chi connectivity index (χ4v) is 10.9. The number of hydrogen-bond donors (Lipinski definition) is 1. The summed E-state index contributed by atoms with van der Waals surface area (Å²) in [4.78, 5) is 2.91. The van der Waals surface area contributed by atoms with Gasteiger partial charge in [0.05, 0.1) is 16.2 Å². The number of aliphatic hydroxyl groups is 1. The first-order chi connectivity index (χ1) is 16.7. The van der Waals surface area contributed by atoms with E-state index in [2.05, 4.69) is 11.8 Å². The van der Waals surface area contributed by atoms with E-state index >= 15 is 0 Å². The van der Waals surface area contributed by atoms with Crippen LogP contribution in [0.15, 0.2) is 41.3 Å². The van der Waals surface area contributed by atoms with Crippen LogP contribution in [-0.4, -0.2) is 50.2 Å². The molecule has 0 spiro atoms. The van der Waals surface area contributed by atoms with Gasteiger partial charge in [-0.3, -0.25) is 4.31 Å². The maximum Gasteiger partial charge on any atom is 0.265 e. The first-order valence-corrected chi connectivity index (χ1v) is 15.2. The molecule has 4 bridgehead atoms. The lowest BCUT2D eigenvalue weighted by molar-refractivity contribution is -0.179. The number of sulfonamides is 1. The molecule has 2 aromatic carbocycles. The van der Waals surface area contributed by atoms with E-state index < -0.39 is 15.6 Å². The minimum Gasteiger partial charge on any atom is -0.388 e. The Labute approximate surface area is 209 Å². The van der Waals surface area contributed by atoms with Crippen molar-refractivity contribution >= 4 is 26.5 Å². The molecule has 1 N–H and O–H groups in total. The maximum absolute atomic E-state index is 13.4. The molecule has 0 aromatic heterocycles. The van der Waals surface area contributed by atoms with Gasteiger partial charge in [0, 0.05) is 23.9 Å². The first-order valence-electron chi connectivity index (χ1n) is 13.7. The average molecular weight is 495 g/mol. The molecule has 2 aliphatic heterocycles. The lowest BCUT2D eigenvalue weighted by Crippen LogP contribution is -2.61. The van der Waals surface area contributed by atoms with Crippen molar-refractivity contribution in [2.75, 3.05) is 30.5 Å². The quantitative estimate of drug-likeness (QED) is 0.634. The molecule has 188 valence electrons. The standard InChI is InChI=1S/C29H38N2O3S/c1-28(32,29-15-21-12-22(16-29)14-23(13-21)17-29)19-30-10-8-20(9-11-30)18-31-25-6-2-4-24-5-3-7-26(27(24)25)35(31,33)34/h2-7,20-23,32H,8-19H2,1H3/t21?,22?,23?,28-,29?/m0/s1. The van der Waals surface area contributed by atoms with Crippen LogP contribution in [0.1, 0.15) is 58.3 Å². The van der Waals surface area contributed by atoms with Crippen molar-refractivity contribution in [2.24, 2.45) is 29.1 Å². The lowest BCUT2D eigenvalue weighted by Gasteiger charge is -2.62. The van der Waals surface area contributed by atoms with E-state index in [1.165, 1.54) is 38.5 Å². The molecule has 35 heavy (non-hydrogen) atoms. The van der Waals surface area contributed by atoms with E-state index in [1.54, 1.807) is 10.4 Å². The van der Waals surface area contributed by atoms with Crippen molar-refractivity contribution in [1.82, 2.24) is 4.90 Å². The van der Waals surface area contributed by atoms with Crippen LogP contribution in [0.2, 0.25) is 0 Å². The van der Waals surface area contributed by atoms with E-state index in [4.69, 9.17) is 0 Å². The minimum atomic E-state index is -3.49. The average Bonchev–Trinajstić information content (AvgIpc) is 3.02. The Bertz CT molecular complexity index is 1220. The van der Waals surface area contributed by atoms with Gasteiger partial charge in [0.2, 0.25) is 0 Å². The Morgan fingerprint density at radius 3 is 2.20 bits per heavy atom. The summed E-state index contributed by atoms with van der Waals surface area (Å²) in [6.45, 7) is 5.32. The number of piperidine rings is 1. The summed E-state index contributed by atoms with van der Waals surface area (Å²) in [5.74, 6) is 2.87. The van der Waals surface area contributed by atoms with Crippen LogP contribution in [0.5, 0.6) is 0 Å². The van der Waals surface area contributed by atoms with Crippen molar-refractivity contribution in [3.8, 4) is 0 Å². The summed E-state index contributed by atoms with van der Waals surface area (Å²) < 4.78 is 28.4. The van der Waals surface area contributed by atoms with Gasteiger partial charge < -0.3 is 10.0 Å². The smallest absolute Gasteiger partial charge is 0.265 e. The van der Waals surface area contributed by atoms with Crippen LogP contribution in [0.4, 0.5) is 5.69 Å². The second-order valence-electron chi connectivity index (χ2n) is 12.9. The Morgan fingerprint density at radius 1 is 0.971 bits per heavy atom. The highest BCUT2D eigenvalue weighted by Gasteiger charge is 2.58. The molecule has 4 aliphatic carbocycles. The van der Waals surface area contributed by atoms with Gasteiger partial charge in [0.25, 0.3) is 10.0 Å². The van der Waals surface area contributed by atoms with Crippen molar-refractivity contribution in [3.05, 3.63) is 36.4 Å². The van der Waals surface area contributed by atoms with Crippen molar-refractivity contribution < 1.29 is 13.5 Å². The van der Waals surface area contributed by atoms with Crippen LogP contribution in [-0.2, 0) is 10.0 Å². The number of anilines is 1. The molecule has 2 heterocycles. The third-order valence-electron chi connectivity index (χ3n) is 10.5. The molecule has 6 heteroatoms. The van der Waals surface area contributed by atoms with E-state index in [1.807, 2.05) is 30.3 Å². The Morgan fingerprint density at radius 2 is 1.57 bits per heavy atom. The van der Waals surface area contributed by atoms with Crippen LogP contribution < -0.4 is 4.31 Å². The molecule has 2 aromatic rings. The SMILES string of the molecule is C[C@](O)(CN1CCC(CN2c3cccc4cccc(c34)S2(=O)=O)CC1)C12CC3CC(CC(C3)C1)C2. The summed E-state index contributed by atoms with van der Waals surface area (Å²) >= 11 is 0. The van der Waals surface area contributed by atoms with Gasteiger partial charge in [0.1, 0.15) is 0 Å². The van der Waals surface area contributed by atoms with Crippen molar-refractivity contribution in [2.45, 2.75) is 68.8 Å². The predicted molar refractivity (Wildman–Crippen MR) is 139 cm³/mol. The number of likely N-dealkylation sites (tertiary alicyclic amines) is 1. The lowest BCUT2D eigenvalue weighted by atomic mass is 9.45. The van der Waals surface area contributed by atoms with E-state index in [0.29, 0.717) is 17.4 Å². The van der Waals surface area contributed by atoms with Gasteiger partial charge in [-0.05, 0) is 113 Å². The third kappa shape index (κ3) is 3.42. The molecule has 0 radical (unpaired) electrons. The van der Waals surface area contributed by atoms with Crippen LogP contribution in [0, 0.1) is 29.1 Å². The highest BCUT2D eigenvalue weighted by molar-refractivity contribution is 7.93. The zero-order valence-electron chi connectivity index (χ0n) is 20.8. The third-order valence-corrected chi connectivity index (χ3v) is 12.3. The zero-order chi connectivity index (χ0) is 24.0. The Balaban J connectivity index is 1.03. The summed E-state index contributed by atoms with van der Waals surface area (Å²) in [5, 5.41) is 13.7. The molecule has 1 saturated heterocycles. The van der Waals surface area contributed by atoms with E-state index in [0.717, 1.165) is 66.7 Å². The van der Waals surface area contributed by atoms with E-state index in [9.17, 15) is 13.5 Å². The molecule has 4 saturated carbocycles. The van der Waals surface area contributed by atoms with Crippen LogP contribution in [0.25, 0.3) is 10.8 Å². The summed E-state index contributed by atoms with van der Waals surface area (Å²) in [6.07, 6.45) is 9.84. The maximum atomic E-state index is 13.4. The topological polar surface area (TPSA) is 60.9 Å². The molecule has 0 amide bonds. The summed E-state index contributed by atoms with van der Waals surface area (Å²) in [6, 6.07) is 11.5. The fraction of sp³-hybridized carbons (Fsp3) is 0.655. The van der Waals surface area contributed by atoms with Crippen molar-refractivity contribution in [3.63, 3.8) is 0 Å². The monoisotopic (exact) mass is 494 g/mol. The molecule has 5 nitrogen and oxygen atoms in total. The van der Waals surface area contributed by atoms with Crippen LogP contribution in [0.3, 0.4) is 0 Å². The molecule has 6 aliphatic rings. The van der Waals surface area contributed by atoms with Gasteiger partial charge in [-0.2, -0.15) is 0 Å². The highest BCUT2D eigenvalue weighted by atomic mass is 32.2. The summed E-state index contributed by atoms with van der Waals surface area (Å²) in [5.41, 5.74) is 0.322. The molecular weight excluding hydrogens is 456 g/mol. The molecule has 8 rings (SSSR count). The predicted octanol–water partition coefficient (Wildman–Crippen LogP) is 5.03. The van der Waals surface area contributed by atoms with Gasteiger partial charge in [-0.25, -0.2) is 8.42 Å². The molecule has 0 unspecified atom stereocenters. The summed E-state index contributed by atoms with van der Waals surface area (Å²) in [7, 11) is -3.49.